The van der Waals surface area contributed by atoms with Gasteiger partial charge >= 0.3 is 0 Å². The minimum Gasteiger partial charge on any atom is -0.396 e. The molecule has 1 rings (SSSR count). The molecule has 1 aromatic carbocycles. The van der Waals surface area contributed by atoms with Gasteiger partial charge in [0.25, 0.3) is 0 Å². The van der Waals surface area contributed by atoms with E-state index in [1.807, 2.05) is 49.1 Å². The van der Waals surface area contributed by atoms with Gasteiger partial charge in [-0.3, -0.25) is 4.79 Å². The summed E-state index contributed by atoms with van der Waals surface area (Å²) in [5.41, 5.74) is 1.12. The Morgan fingerprint density at radius 1 is 1.15 bits per heavy atom. The number of rotatable bonds is 12. The second-order valence-electron chi connectivity index (χ2n) is 6.64. The Labute approximate surface area is 164 Å². The summed E-state index contributed by atoms with van der Waals surface area (Å²) in [6.07, 6.45) is 2.93. The Bertz CT molecular complexity index is 542. The molecule has 6 heteroatoms. The highest BCUT2D eigenvalue weighted by molar-refractivity contribution is 5.84. The van der Waals surface area contributed by atoms with Crippen LogP contribution in [0.25, 0.3) is 0 Å². The Hall–Kier alpha value is -2.08. The number of hydrogen-bond acceptors (Lipinski definition) is 3. The van der Waals surface area contributed by atoms with Crippen molar-refractivity contribution in [2.24, 2.45) is 10.9 Å². The van der Waals surface area contributed by atoms with E-state index in [2.05, 4.69) is 22.5 Å². The van der Waals surface area contributed by atoms with Crippen LogP contribution in [0.15, 0.2) is 35.3 Å². The van der Waals surface area contributed by atoms with Crippen molar-refractivity contribution in [1.29, 1.82) is 0 Å². The van der Waals surface area contributed by atoms with E-state index in [1.54, 1.807) is 0 Å². The number of benzene rings is 1. The number of likely N-dealkylation sites (N-methyl/N-ethyl adjacent to an activating group) is 1. The van der Waals surface area contributed by atoms with Crippen molar-refractivity contribution in [2.75, 3.05) is 32.8 Å². The van der Waals surface area contributed by atoms with E-state index in [4.69, 9.17) is 0 Å². The standard InChI is InChI=1S/C21H36N4O2/c1-4-10-18(13-14-26)15-23-21(22-5-2)24-16-20(27)25(6-3)17-19-11-8-7-9-12-19/h7-9,11-12,18,26H,4-6,10,13-17H2,1-3H3,(H2,22,23,24). The monoisotopic (exact) mass is 376 g/mol. The number of aliphatic imine (C=N–C) groups is 1. The molecule has 1 aromatic rings. The lowest BCUT2D eigenvalue weighted by Crippen LogP contribution is -2.41. The molecule has 0 aliphatic rings. The van der Waals surface area contributed by atoms with Crippen molar-refractivity contribution >= 4 is 11.9 Å². The molecule has 0 saturated heterocycles. The van der Waals surface area contributed by atoms with Gasteiger partial charge in [0.2, 0.25) is 5.91 Å². The molecule has 1 atom stereocenters. The normalized spacial score (nSPS) is 12.5. The number of amides is 1. The third-order valence-corrected chi connectivity index (χ3v) is 4.46. The summed E-state index contributed by atoms with van der Waals surface area (Å²) in [7, 11) is 0. The van der Waals surface area contributed by atoms with Crippen LogP contribution in [-0.2, 0) is 11.3 Å². The molecule has 0 aliphatic heterocycles. The number of nitrogens with one attached hydrogen (secondary N) is 2. The van der Waals surface area contributed by atoms with Crippen LogP contribution >= 0.6 is 0 Å². The Balaban J connectivity index is 2.61. The highest BCUT2D eigenvalue weighted by Crippen LogP contribution is 2.09. The summed E-state index contributed by atoms with van der Waals surface area (Å²) in [5.74, 6) is 1.07. The van der Waals surface area contributed by atoms with Gasteiger partial charge in [0.1, 0.15) is 6.54 Å². The molecule has 0 aliphatic carbocycles. The molecular weight excluding hydrogens is 340 g/mol. The van der Waals surface area contributed by atoms with Crippen LogP contribution in [0.4, 0.5) is 0 Å². The summed E-state index contributed by atoms with van der Waals surface area (Å²) in [4.78, 5) is 18.8. The van der Waals surface area contributed by atoms with Gasteiger partial charge in [0.05, 0.1) is 0 Å². The molecule has 3 N–H and O–H groups in total. The molecule has 0 aromatic heterocycles. The molecule has 0 heterocycles. The number of aliphatic hydroxyl groups excluding tert-OH is 1. The quantitative estimate of drug-likeness (QED) is 0.387. The van der Waals surface area contributed by atoms with E-state index in [-0.39, 0.29) is 19.1 Å². The Morgan fingerprint density at radius 3 is 2.48 bits per heavy atom. The van der Waals surface area contributed by atoms with Crippen LogP contribution in [-0.4, -0.2) is 54.7 Å². The first-order valence-electron chi connectivity index (χ1n) is 10.1. The lowest BCUT2D eigenvalue weighted by Gasteiger charge is -2.21. The average molecular weight is 377 g/mol. The van der Waals surface area contributed by atoms with Gasteiger partial charge in [-0.05, 0) is 38.2 Å². The molecule has 6 nitrogen and oxygen atoms in total. The summed E-state index contributed by atoms with van der Waals surface area (Å²) in [6.45, 7) is 9.19. The topological polar surface area (TPSA) is 77.0 Å². The molecule has 1 amide bonds. The largest absolute Gasteiger partial charge is 0.396 e. The lowest BCUT2D eigenvalue weighted by molar-refractivity contribution is -0.130. The number of nitrogens with zero attached hydrogens (tertiary/aromatic N) is 2. The van der Waals surface area contributed by atoms with Crippen LogP contribution in [0, 0.1) is 5.92 Å². The molecule has 0 fully saturated rings. The predicted molar refractivity (Wildman–Crippen MR) is 112 cm³/mol. The molecule has 152 valence electrons. The summed E-state index contributed by atoms with van der Waals surface area (Å²) in [6, 6.07) is 10.00. The van der Waals surface area contributed by atoms with Crippen molar-refractivity contribution in [2.45, 2.75) is 46.6 Å². The van der Waals surface area contributed by atoms with Gasteiger partial charge in [0, 0.05) is 32.8 Å². The molecule has 0 spiro atoms. The molecule has 0 saturated carbocycles. The average Bonchev–Trinajstić information content (AvgIpc) is 2.69. The van der Waals surface area contributed by atoms with Gasteiger partial charge in [0.15, 0.2) is 5.96 Å². The number of carbonyl (C=O) groups excluding carboxylic acids is 1. The minimum absolute atomic E-state index is 0.0130. The van der Waals surface area contributed by atoms with Gasteiger partial charge in [-0.2, -0.15) is 0 Å². The molecule has 1 unspecified atom stereocenters. The third-order valence-electron chi connectivity index (χ3n) is 4.46. The van der Waals surface area contributed by atoms with Gasteiger partial charge in [-0.25, -0.2) is 4.99 Å². The first-order valence-corrected chi connectivity index (χ1v) is 10.1. The summed E-state index contributed by atoms with van der Waals surface area (Å²) in [5, 5.41) is 15.7. The highest BCUT2D eigenvalue weighted by Gasteiger charge is 2.13. The van der Waals surface area contributed by atoms with Crippen molar-refractivity contribution < 1.29 is 9.90 Å². The highest BCUT2D eigenvalue weighted by atomic mass is 16.3. The Kier molecular flexibility index (Phi) is 11.9. The third kappa shape index (κ3) is 9.43. The van der Waals surface area contributed by atoms with Crippen molar-refractivity contribution in [3.05, 3.63) is 35.9 Å². The zero-order valence-corrected chi connectivity index (χ0v) is 17.1. The lowest BCUT2D eigenvalue weighted by atomic mass is 10.0. The first kappa shape index (κ1) is 23.0. The van der Waals surface area contributed by atoms with Crippen LogP contribution in [0.3, 0.4) is 0 Å². The fourth-order valence-corrected chi connectivity index (χ4v) is 2.95. The number of guanidine groups is 1. The van der Waals surface area contributed by atoms with Crippen molar-refractivity contribution in [3.63, 3.8) is 0 Å². The number of hydrogen-bond donors (Lipinski definition) is 3. The van der Waals surface area contributed by atoms with Crippen LogP contribution in [0.1, 0.15) is 45.6 Å². The molecule has 27 heavy (non-hydrogen) atoms. The van der Waals surface area contributed by atoms with Crippen LogP contribution in [0.5, 0.6) is 0 Å². The zero-order chi connectivity index (χ0) is 19.9. The summed E-state index contributed by atoms with van der Waals surface area (Å²) >= 11 is 0. The maximum absolute atomic E-state index is 12.6. The summed E-state index contributed by atoms with van der Waals surface area (Å²) < 4.78 is 0. The van der Waals surface area contributed by atoms with Crippen LogP contribution < -0.4 is 10.6 Å². The molecule has 0 radical (unpaired) electrons. The second-order valence-corrected chi connectivity index (χ2v) is 6.64. The van der Waals surface area contributed by atoms with E-state index in [1.165, 1.54) is 0 Å². The maximum atomic E-state index is 12.6. The fraction of sp³-hybridized carbons (Fsp3) is 0.619. The van der Waals surface area contributed by atoms with E-state index in [0.717, 1.165) is 37.9 Å². The van der Waals surface area contributed by atoms with E-state index >= 15 is 0 Å². The molecular formula is C21H36N4O2. The van der Waals surface area contributed by atoms with Crippen molar-refractivity contribution in [1.82, 2.24) is 15.5 Å². The smallest absolute Gasteiger partial charge is 0.244 e. The van der Waals surface area contributed by atoms with Crippen molar-refractivity contribution in [3.8, 4) is 0 Å². The zero-order valence-electron chi connectivity index (χ0n) is 17.1. The van der Waals surface area contributed by atoms with E-state index in [9.17, 15) is 9.90 Å². The molecule has 0 bridgehead atoms. The minimum atomic E-state index is 0.0130. The fourth-order valence-electron chi connectivity index (χ4n) is 2.95. The van der Waals surface area contributed by atoms with Crippen LogP contribution in [0.2, 0.25) is 0 Å². The number of aliphatic hydroxyl groups is 1. The second kappa shape index (κ2) is 14.0. The first-order chi connectivity index (χ1) is 13.1. The van der Waals surface area contributed by atoms with E-state index in [0.29, 0.717) is 25.0 Å². The van der Waals surface area contributed by atoms with Gasteiger partial charge in [-0.15, -0.1) is 0 Å². The van der Waals surface area contributed by atoms with Gasteiger partial charge in [-0.1, -0.05) is 43.7 Å². The van der Waals surface area contributed by atoms with Gasteiger partial charge < -0.3 is 20.6 Å². The maximum Gasteiger partial charge on any atom is 0.244 e. The predicted octanol–water partition coefficient (Wildman–Crippen LogP) is 2.39. The SMILES string of the molecule is CCCC(CCO)CNC(=NCC(=O)N(CC)Cc1ccccc1)NCC. The Morgan fingerprint density at radius 2 is 1.89 bits per heavy atom. The van der Waals surface area contributed by atoms with E-state index < -0.39 is 0 Å². The number of carbonyl (C=O) groups is 1.